The van der Waals surface area contributed by atoms with Crippen LogP contribution in [0, 0.1) is 0 Å². The number of anilines is 2. The molecule has 0 bridgehead atoms. The number of aromatic nitrogens is 3. The fraction of sp³-hybridized carbons (Fsp3) is 0. The lowest BCUT2D eigenvalue weighted by molar-refractivity contribution is 0.102. The van der Waals surface area contributed by atoms with Crippen LogP contribution in [-0.4, -0.2) is 26.8 Å². The van der Waals surface area contributed by atoms with Crippen LogP contribution in [-0.2, 0) is 0 Å². The van der Waals surface area contributed by atoms with Crippen LogP contribution in [0.25, 0.3) is 22.2 Å². The first kappa shape index (κ1) is 19.9. The quantitative estimate of drug-likeness (QED) is 0.348. The van der Waals surface area contributed by atoms with Gasteiger partial charge in [-0.15, -0.1) is 0 Å². The summed E-state index contributed by atoms with van der Waals surface area (Å²) < 4.78 is 2.38. The fourth-order valence-corrected chi connectivity index (χ4v) is 3.83. The number of nitrogens with two attached hydrogens (primary N) is 1. The molecular weight excluding hydrogens is 468 g/mol. The van der Waals surface area contributed by atoms with E-state index in [2.05, 4.69) is 31.3 Å². The standard InChI is InChI=1S/C24H17BrN6O/c25-16-8-6-7-15(13-16)14-27-31-22(26)20(24(32)28-17-9-2-1-3-10-17)21-23(31)30-19-12-5-4-11-18(19)29-21/h1-14H,26H2,(H,28,32)/b27-14-. The van der Waals surface area contributed by atoms with Gasteiger partial charge < -0.3 is 11.1 Å². The average Bonchev–Trinajstić information content (AvgIpc) is 3.07. The minimum atomic E-state index is -0.375. The van der Waals surface area contributed by atoms with Gasteiger partial charge in [-0.05, 0) is 42.0 Å². The Bertz CT molecular complexity index is 1490. The highest BCUT2D eigenvalue weighted by atomic mass is 79.9. The summed E-state index contributed by atoms with van der Waals surface area (Å²) in [5.74, 6) is -0.213. The molecule has 0 saturated heterocycles. The van der Waals surface area contributed by atoms with Crippen molar-refractivity contribution in [2.24, 2.45) is 5.10 Å². The highest BCUT2D eigenvalue weighted by Gasteiger charge is 2.24. The second-order valence-corrected chi connectivity index (χ2v) is 7.99. The molecule has 0 saturated carbocycles. The van der Waals surface area contributed by atoms with E-state index in [0.717, 1.165) is 10.0 Å². The second-order valence-electron chi connectivity index (χ2n) is 7.08. The Labute approximate surface area is 191 Å². The van der Waals surface area contributed by atoms with Crippen LogP contribution >= 0.6 is 15.9 Å². The van der Waals surface area contributed by atoms with Gasteiger partial charge in [0, 0.05) is 10.2 Å². The third-order valence-electron chi connectivity index (χ3n) is 4.90. The molecule has 0 aliphatic rings. The Hall–Kier alpha value is -4.04. The normalized spacial score (nSPS) is 11.4. The minimum absolute atomic E-state index is 0.162. The summed E-state index contributed by atoms with van der Waals surface area (Å²) in [7, 11) is 0. The molecule has 0 aliphatic heterocycles. The summed E-state index contributed by atoms with van der Waals surface area (Å²) in [6.07, 6.45) is 1.66. The predicted molar refractivity (Wildman–Crippen MR) is 131 cm³/mol. The number of nitrogen functional groups attached to an aromatic ring is 1. The molecule has 2 heterocycles. The van der Waals surface area contributed by atoms with E-state index in [0.29, 0.717) is 27.9 Å². The number of amides is 1. The maximum absolute atomic E-state index is 13.2. The zero-order valence-corrected chi connectivity index (χ0v) is 18.3. The number of fused-ring (bicyclic) bond motifs is 2. The zero-order valence-electron chi connectivity index (χ0n) is 16.7. The molecule has 0 unspecified atom stereocenters. The number of halogens is 1. The molecule has 32 heavy (non-hydrogen) atoms. The molecule has 8 heteroatoms. The average molecular weight is 485 g/mol. The molecule has 3 N–H and O–H groups in total. The van der Waals surface area contributed by atoms with Gasteiger partial charge in [-0.3, -0.25) is 4.79 Å². The number of hydrogen-bond acceptors (Lipinski definition) is 5. The van der Waals surface area contributed by atoms with Crippen molar-refractivity contribution >= 4 is 61.8 Å². The van der Waals surface area contributed by atoms with Gasteiger partial charge in [0.25, 0.3) is 5.91 Å². The summed E-state index contributed by atoms with van der Waals surface area (Å²) in [6.45, 7) is 0. The third-order valence-corrected chi connectivity index (χ3v) is 5.40. The van der Waals surface area contributed by atoms with Crippen molar-refractivity contribution in [1.29, 1.82) is 0 Å². The SMILES string of the molecule is Nc1c(C(=O)Nc2ccccc2)c2nc3ccccc3nc2n1/N=C\c1cccc(Br)c1. The molecule has 1 amide bonds. The van der Waals surface area contributed by atoms with Gasteiger partial charge in [0.1, 0.15) is 16.9 Å². The number of carbonyl (C=O) groups is 1. The molecular formula is C24H17BrN6O. The Morgan fingerprint density at radius 3 is 2.44 bits per heavy atom. The number of nitrogens with zero attached hydrogens (tertiary/aromatic N) is 4. The molecule has 0 fully saturated rings. The van der Waals surface area contributed by atoms with Crippen LogP contribution in [0.2, 0.25) is 0 Å². The molecule has 5 rings (SSSR count). The van der Waals surface area contributed by atoms with Gasteiger partial charge in [-0.25, -0.2) is 9.97 Å². The molecule has 3 aromatic carbocycles. The summed E-state index contributed by atoms with van der Waals surface area (Å²) in [6, 6.07) is 24.3. The van der Waals surface area contributed by atoms with Gasteiger partial charge >= 0.3 is 0 Å². The van der Waals surface area contributed by atoms with Crippen LogP contribution in [0.4, 0.5) is 11.5 Å². The first-order chi connectivity index (χ1) is 15.6. The Kier molecular flexibility index (Phi) is 5.12. The number of nitrogens with one attached hydrogen (secondary N) is 1. The van der Waals surface area contributed by atoms with Crippen molar-refractivity contribution in [3.05, 3.63) is 94.5 Å². The zero-order chi connectivity index (χ0) is 22.1. The Balaban J connectivity index is 1.68. The fourth-order valence-electron chi connectivity index (χ4n) is 3.41. The van der Waals surface area contributed by atoms with Crippen molar-refractivity contribution < 1.29 is 4.79 Å². The van der Waals surface area contributed by atoms with Crippen LogP contribution in [0.3, 0.4) is 0 Å². The maximum atomic E-state index is 13.2. The van der Waals surface area contributed by atoms with Crippen LogP contribution in [0.5, 0.6) is 0 Å². The number of carbonyl (C=O) groups excluding carboxylic acids is 1. The van der Waals surface area contributed by atoms with Crippen molar-refractivity contribution in [1.82, 2.24) is 14.6 Å². The van der Waals surface area contributed by atoms with Gasteiger partial charge in [0.2, 0.25) is 0 Å². The van der Waals surface area contributed by atoms with Gasteiger partial charge in [-0.1, -0.05) is 58.4 Å². The van der Waals surface area contributed by atoms with Crippen LogP contribution < -0.4 is 11.1 Å². The van der Waals surface area contributed by atoms with E-state index >= 15 is 0 Å². The van der Waals surface area contributed by atoms with E-state index in [1.165, 1.54) is 4.68 Å². The summed E-state index contributed by atoms with van der Waals surface area (Å²) in [5.41, 5.74) is 10.3. The van der Waals surface area contributed by atoms with E-state index in [1.807, 2.05) is 66.7 Å². The molecule has 2 aromatic heterocycles. The highest BCUT2D eigenvalue weighted by molar-refractivity contribution is 9.10. The lowest BCUT2D eigenvalue weighted by Crippen LogP contribution is -2.14. The van der Waals surface area contributed by atoms with Crippen molar-refractivity contribution in [3.63, 3.8) is 0 Å². The summed E-state index contributed by atoms with van der Waals surface area (Å²) >= 11 is 3.46. The topological polar surface area (TPSA) is 98.2 Å². The predicted octanol–water partition coefficient (Wildman–Crippen LogP) is 5.06. The van der Waals surface area contributed by atoms with Gasteiger partial charge in [-0.2, -0.15) is 9.78 Å². The first-order valence-electron chi connectivity index (χ1n) is 9.83. The number of benzene rings is 3. The summed E-state index contributed by atoms with van der Waals surface area (Å²) in [5, 5.41) is 7.40. The maximum Gasteiger partial charge on any atom is 0.261 e. The molecule has 0 radical (unpaired) electrons. The van der Waals surface area contributed by atoms with E-state index in [9.17, 15) is 4.79 Å². The van der Waals surface area contributed by atoms with E-state index in [4.69, 9.17) is 10.7 Å². The summed E-state index contributed by atoms with van der Waals surface area (Å²) in [4.78, 5) is 22.6. The largest absolute Gasteiger partial charge is 0.383 e. The van der Waals surface area contributed by atoms with Gasteiger partial charge in [0.05, 0.1) is 17.2 Å². The molecule has 0 atom stereocenters. The van der Waals surface area contributed by atoms with Crippen molar-refractivity contribution in [2.45, 2.75) is 0 Å². The number of para-hydroxylation sites is 3. The molecule has 7 nitrogen and oxygen atoms in total. The molecule has 156 valence electrons. The lowest BCUT2D eigenvalue weighted by Gasteiger charge is -2.05. The van der Waals surface area contributed by atoms with E-state index < -0.39 is 0 Å². The molecule has 0 aliphatic carbocycles. The van der Waals surface area contributed by atoms with Crippen molar-refractivity contribution in [3.8, 4) is 0 Å². The Morgan fingerprint density at radius 1 is 0.969 bits per heavy atom. The van der Waals surface area contributed by atoms with Crippen molar-refractivity contribution in [2.75, 3.05) is 11.1 Å². The van der Waals surface area contributed by atoms with Crippen LogP contribution in [0.15, 0.2) is 88.4 Å². The van der Waals surface area contributed by atoms with E-state index in [-0.39, 0.29) is 17.3 Å². The third kappa shape index (κ3) is 3.72. The van der Waals surface area contributed by atoms with E-state index in [1.54, 1.807) is 18.3 Å². The monoisotopic (exact) mass is 484 g/mol. The number of hydrogen-bond donors (Lipinski definition) is 2. The smallest absolute Gasteiger partial charge is 0.261 e. The van der Waals surface area contributed by atoms with Crippen LogP contribution in [0.1, 0.15) is 15.9 Å². The minimum Gasteiger partial charge on any atom is -0.383 e. The number of rotatable bonds is 4. The lowest BCUT2D eigenvalue weighted by atomic mass is 10.2. The first-order valence-corrected chi connectivity index (χ1v) is 10.6. The van der Waals surface area contributed by atoms with Gasteiger partial charge in [0.15, 0.2) is 5.65 Å². The second kappa shape index (κ2) is 8.24. The highest BCUT2D eigenvalue weighted by Crippen LogP contribution is 2.28. The molecule has 0 spiro atoms. The molecule has 5 aromatic rings. The Morgan fingerprint density at radius 2 is 1.69 bits per heavy atom.